The summed E-state index contributed by atoms with van der Waals surface area (Å²) in [5.41, 5.74) is 1.99. The minimum atomic E-state index is -0.712. The number of halogens is 3. The number of nitrogens with zero attached hydrogens (tertiary/aromatic N) is 6. The summed E-state index contributed by atoms with van der Waals surface area (Å²) in [6.45, 7) is 0.128. The van der Waals surface area contributed by atoms with Crippen molar-refractivity contribution in [2.45, 2.75) is 19.6 Å². The molecule has 0 atom stereocenters. The zero-order valence-electron chi connectivity index (χ0n) is 23.5. The molecule has 0 bridgehead atoms. The predicted molar refractivity (Wildman–Crippen MR) is 158 cm³/mol. The van der Waals surface area contributed by atoms with Crippen molar-refractivity contribution in [3.05, 3.63) is 123 Å². The zero-order valence-corrected chi connectivity index (χ0v) is 24.3. The Bertz CT molecular complexity index is 2090. The monoisotopic (exact) mass is 626 g/mol. The quantitative estimate of drug-likeness (QED) is 0.173. The van der Waals surface area contributed by atoms with Crippen molar-refractivity contribution in [1.29, 1.82) is 5.26 Å². The molecule has 0 aliphatic rings. The Hall–Kier alpha value is -5.61. The maximum Gasteiger partial charge on any atom is 0.337 e. The highest BCUT2D eigenvalue weighted by Gasteiger charge is 2.19. The standard InChI is InChI=1S/C32H21F3N6O3S/c1-43-32(42)19-7-8-28-29(11-19)41(16-22-15-37-40-45-22)30(38-28)12-21-10-26(35)23(13-25(21)34)27-3-2-4-31(39-27)44-17-20-6-5-18(14-36)9-24(20)33/h2-11,13,15H,12,16-17H2,1H3. The molecule has 6 aromatic rings. The Balaban J connectivity index is 1.28. The first kappa shape index (κ1) is 29.5. The van der Waals surface area contributed by atoms with E-state index in [1.54, 1.807) is 35.0 Å². The van der Waals surface area contributed by atoms with E-state index >= 15 is 8.78 Å². The van der Waals surface area contributed by atoms with Gasteiger partial charge in [0.05, 0.1) is 58.7 Å². The van der Waals surface area contributed by atoms with Crippen molar-refractivity contribution in [3.8, 4) is 23.2 Å². The lowest BCUT2D eigenvalue weighted by molar-refractivity contribution is 0.0601. The summed E-state index contributed by atoms with van der Waals surface area (Å²) in [4.78, 5) is 21.9. The molecule has 13 heteroatoms. The molecule has 45 heavy (non-hydrogen) atoms. The number of nitriles is 1. The van der Waals surface area contributed by atoms with Gasteiger partial charge in [0.15, 0.2) is 0 Å². The number of hydrogen-bond donors (Lipinski definition) is 0. The first-order chi connectivity index (χ1) is 21.8. The third-order valence-corrected chi connectivity index (χ3v) is 7.66. The summed E-state index contributed by atoms with van der Waals surface area (Å²) in [6.07, 6.45) is 1.55. The van der Waals surface area contributed by atoms with Crippen LogP contribution in [0, 0.1) is 28.8 Å². The van der Waals surface area contributed by atoms with E-state index in [2.05, 4.69) is 19.6 Å². The molecule has 0 spiro atoms. The lowest BCUT2D eigenvalue weighted by atomic mass is 10.0. The van der Waals surface area contributed by atoms with Gasteiger partial charge in [-0.3, -0.25) is 0 Å². The Kier molecular flexibility index (Phi) is 8.22. The summed E-state index contributed by atoms with van der Waals surface area (Å²) in [7, 11) is 1.29. The SMILES string of the molecule is COC(=O)c1ccc2nc(Cc3cc(F)c(-c4cccc(OCc5ccc(C#N)cc5F)n4)cc3F)n(Cc3cnns3)c2c1. The van der Waals surface area contributed by atoms with E-state index in [9.17, 15) is 9.18 Å². The Morgan fingerprint density at radius 3 is 2.58 bits per heavy atom. The Labute approximate surface area is 258 Å². The third-order valence-electron chi connectivity index (χ3n) is 7.01. The molecule has 0 unspecified atom stereocenters. The second-order valence-corrected chi connectivity index (χ2v) is 10.7. The second kappa shape index (κ2) is 12.6. The van der Waals surface area contributed by atoms with Gasteiger partial charge >= 0.3 is 5.97 Å². The molecule has 9 nitrogen and oxygen atoms in total. The first-order valence-corrected chi connectivity index (χ1v) is 14.2. The number of carbonyl (C=O) groups excluding carboxylic acids is 1. The van der Waals surface area contributed by atoms with Crippen LogP contribution >= 0.6 is 11.5 Å². The second-order valence-electron chi connectivity index (χ2n) is 9.86. The molecule has 0 amide bonds. The molecule has 6 rings (SSSR count). The molecular formula is C32H21F3N6O3S. The van der Waals surface area contributed by atoms with Gasteiger partial charge in [-0.15, -0.1) is 5.10 Å². The molecule has 0 N–H and O–H groups in total. The van der Waals surface area contributed by atoms with Gasteiger partial charge in [-0.25, -0.2) is 27.9 Å². The lowest BCUT2D eigenvalue weighted by Gasteiger charge is -2.12. The van der Waals surface area contributed by atoms with E-state index < -0.39 is 23.4 Å². The minimum Gasteiger partial charge on any atom is -0.473 e. The highest BCUT2D eigenvalue weighted by atomic mass is 32.1. The molecule has 3 aromatic carbocycles. The molecule has 3 aromatic heterocycles. The Morgan fingerprint density at radius 1 is 0.978 bits per heavy atom. The van der Waals surface area contributed by atoms with Crippen LogP contribution < -0.4 is 4.74 Å². The molecule has 3 heterocycles. The van der Waals surface area contributed by atoms with Crippen LogP contribution in [-0.2, 0) is 24.3 Å². The predicted octanol–water partition coefficient (Wildman–Crippen LogP) is 6.24. The van der Waals surface area contributed by atoms with E-state index in [-0.39, 0.29) is 46.9 Å². The largest absolute Gasteiger partial charge is 0.473 e. The van der Waals surface area contributed by atoms with Crippen LogP contribution in [0.1, 0.15) is 37.7 Å². The molecule has 0 radical (unpaired) electrons. The van der Waals surface area contributed by atoms with E-state index in [0.717, 1.165) is 23.1 Å². The van der Waals surface area contributed by atoms with Gasteiger partial charge in [-0.2, -0.15) is 5.26 Å². The minimum absolute atomic E-state index is 0.0514. The highest BCUT2D eigenvalue weighted by Crippen LogP contribution is 2.29. The number of methoxy groups -OCH3 is 1. The third kappa shape index (κ3) is 6.22. The number of benzene rings is 3. The van der Waals surface area contributed by atoms with Gasteiger partial charge in [-0.05, 0) is 65.6 Å². The van der Waals surface area contributed by atoms with Crippen LogP contribution in [0.2, 0.25) is 0 Å². The number of aromatic nitrogens is 5. The fraction of sp³-hybridized carbons (Fsp3) is 0.125. The summed E-state index contributed by atoms with van der Waals surface area (Å²) in [6, 6.07) is 17.5. The molecule has 0 saturated carbocycles. The molecule has 224 valence electrons. The number of fused-ring (bicyclic) bond motifs is 1. The van der Waals surface area contributed by atoms with E-state index in [4.69, 9.17) is 14.7 Å². The van der Waals surface area contributed by atoms with Gasteiger partial charge in [-0.1, -0.05) is 16.6 Å². The summed E-state index contributed by atoms with van der Waals surface area (Å²) >= 11 is 1.19. The van der Waals surface area contributed by atoms with Crippen LogP contribution in [0.15, 0.2) is 72.9 Å². The number of esters is 1. The average Bonchev–Trinajstić information content (AvgIpc) is 3.69. The van der Waals surface area contributed by atoms with Crippen LogP contribution in [0.3, 0.4) is 0 Å². The van der Waals surface area contributed by atoms with Crippen LogP contribution in [-0.4, -0.2) is 37.2 Å². The first-order valence-electron chi connectivity index (χ1n) is 13.4. The number of ether oxygens (including phenoxy) is 2. The average molecular weight is 627 g/mol. The molecule has 0 saturated heterocycles. The summed E-state index contributed by atoms with van der Waals surface area (Å²) in [5.74, 6) is -1.98. The molecule has 0 fully saturated rings. The highest BCUT2D eigenvalue weighted by molar-refractivity contribution is 7.05. The summed E-state index contributed by atoms with van der Waals surface area (Å²) < 4.78 is 61.4. The van der Waals surface area contributed by atoms with Crippen LogP contribution in [0.25, 0.3) is 22.3 Å². The van der Waals surface area contributed by atoms with Crippen LogP contribution in [0.5, 0.6) is 5.88 Å². The normalized spacial score (nSPS) is 11.0. The molecule has 0 aliphatic heterocycles. The van der Waals surface area contributed by atoms with Crippen molar-refractivity contribution in [2.75, 3.05) is 7.11 Å². The van der Waals surface area contributed by atoms with Crippen molar-refractivity contribution >= 4 is 28.5 Å². The molecule has 0 aliphatic carbocycles. The lowest BCUT2D eigenvalue weighted by Crippen LogP contribution is -2.07. The topological polar surface area (TPSA) is 116 Å². The smallest absolute Gasteiger partial charge is 0.337 e. The number of carbonyl (C=O) groups is 1. The maximum atomic E-state index is 15.6. The molecular weight excluding hydrogens is 605 g/mol. The zero-order chi connectivity index (χ0) is 31.5. The van der Waals surface area contributed by atoms with Gasteiger partial charge in [0.25, 0.3) is 0 Å². The van der Waals surface area contributed by atoms with E-state index in [0.29, 0.717) is 29.0 Å². The van der Waals surface area contributed by atoms with E-state index in [1.807, 2.05) is 6.07 Å². The summed E-state index contributed by atoms with van der Waals surface area (Å²) in [5, 5.41) is 12.8. The number of imidazole rings is 1. The number of rotatable bonds is 9. The van der Waals surface area contributed by atoms with Gasteiger partial charge in [0.1, 0.15) is 29.9 Å². The van der Waals surface area contributed by atoms with Crippen molar-refractivity contribution in [2.24, 2.45) is 0 Å². The van der Waals surface area contributed by atoms with Crippen molar-refractivity contribution in [1.82, 2.24) is 24.1 Å². The van der Waals surface area contributed by atoms with Gasteiger partial charge in [0, 0.05) is 23.6 Å². The number of pyridine rings is 1. The van der Waals surface area contributed by atoms with E-state index in [1.165, 1.54) is 42.9 Å². The van der Waals surface area contributed by atoms with Crippen molar-refractivity contribution in [3.63, 3.8) is 0 Å². The Morgan fingerprint density at radius 2 is 1.82 bits per heavy atom. The maximum absolute atomic E-state index is 15.6. The van der Waals surface area contributed by atoms with Gasteiger partial charge < -0.3 is 14.0 Å². The van der Waals surface area contributed by atoms with Gasteiger partial charge in [0.2, 0.25) is 5.88 Å². The number of hydrogen-bond acceptors (Lipinski definition) is 9. The van der Waals surface area contributed by atoms with Crippen molar-refractivity contribution < 1.29 is 27.4 Å². The fourth-order valence-electron chi connectivity index (χ4n) is 4.76. The fourth-order valence-corrected chi connectivity index (χ4v) is 5.24. The van der Waals surface area contributed by atoms with Crippen LogP contribution in [0.4, 0.5) is 13.2 Å².